The predicted octanol–water partition coefficient (Wildman–Crippen LogP) is 3.75. The van der Waals surface area contributed by atoms with Crippen molar-refractivity contribution in [2.24, 2.45) is 0 Å². The van der Waals surface area contributed by atoms with Crippen molar-refractivity contribution in [1.82, 2.24) is 15.6 Å². The minimum atomic E-state index is -0.0145. The van der Waals surface area contributed by atoms with E-state index < -0.39 is 0 Å². The molecule has 0 bridgehead atoms. The van der Waals surface area contributed by atoms with Gasteiger partial charge in [0.15, 0.2) is 0 Å². The van der Waals surface area contributed by atoms with Gasteiger partial charge in [0, 0.05) is 31.8 Å². The number of para-hydroxylation sites is 1. The van der Waals surface area contributed by atoms with Crippen LogP contribution in [-0.4, -0.2) is 29.4 Å². The van der Waals surface area contributed by atoms with Crippen molar-refractivity contribution in [2.45, 2.75) is 63.8 Å². The van der Waals surface area contributed by atoms with Crippen LogP contribution in [0, 0.1) is 0 Å². The summed E-state index contributed by atoms with van der Waals surface area (Å²) in [6.07, 6.45) is 6.43. The Labute approximate surface area is 158 Å². The highest BCUT2D eigenvalue weighted by atomic mass is 32.1. The number of thiazole rings is 1. The number of benzene rings is 1. The maximum atomic E-state index is 12.1. The average Bonchev–Trinajstić information content (AvgIpc) is 3.06. The number of aromatic nitrogens is 1. The van der Waals surface area contributed by atoms with Crippen LogP contribution in [0.15, 0.2) is 24.3 Å². The van der Waals surface area contributed by atoms with E-state index in [4.69, 9.17) is 4.98 Å². The predicted molar refractivity (Wildman–Crippen MR) is 105 cm³/mol. The Kier molecular flexibility index (Phi) is 6.61. The number of nitrogens with one attached hydrogen (secondary N) is 2. The average molecular weight is 374 g/mol. The van der Waals surface area contributed by atoms with Crippen LogP contribution in [0.25, 0.3) is 10.2 Å². The van der Waals surface area contributed by atoms with Crippen molar-refractivity contribution in [2.75, 3.05) is 6.54 Å². The molecule has 1 aromatic heterocycles. The Hall–Kier alpha value is -1.95. The lowest BCUT2D eigenvalue weighted by molar-refractivity contribution is -0.122. The Bertz CT molecular complexity index is 717. The molecule has 1 aliphatic carbocycles. The number of carbonyl (C=O) groups excluding carboxylic acids is 2. The summed E-state index contributed by atoms with van der Waals surface area (Å²) >= 11 is 1.81. The van der Waals surface area contributed by atoms with Crippen LogP contribution in [0.5, 0.6) is 0 Å². The van der Waals surface area contributed by atoms with Gasteiger partial charge in [0.25, 0.3) is 0 Å². The van der Waals surface area contributed by atoms with E-state index in [2.05, 4.69) is 28.8 Å². The van der Waals surface area contributed by atoms with E-state index in [1.807, 2.05) is 17.4 Å². The number of hydrogen-bond donors (Lipinski definition) is 2. The molecule has 1 saturated carbocycles. The molecule has 0 radical (unpaired) electrons. The zero-order valence-electron chi connectivity index (χ0n) is 15.3. The fraction of sp³-hybridized carbons (Fsp3) is 0.550. The van der Waals surface area contributed by atoms with Crippen LogP contribution in [0.3, 0.4) is 0 Å². The first kappa shape index (κ1) is 18.8. The van der Waals surface area contributed by atoms with Crippen LogP contribution >= 0.6 is 11.3 Å². The number of carbonyl (C=O) groups is 2. The highest BCUT2D eigenvalue weighted by Gasteiger charge is 2.25. The quantitative estimate of drug-likeness (QED) is 0.726. The largest absolute Gasteiger partial charge is 0.356 e. The van der Waals surface area contributed by atoms with Gasteiger partial charge in [-0.05, 0) is 50.7 Å². The molecule has 1 aromatic carbocycles. The van der Waals surface area contributed by atoms with E-state index in [9.17, 15) is 9.59 Å². The first-order chi connectivity index (χ1) is 12.6. The van der Waals surface area contributed by atoms with Gasteiger partial charge >= 0.3 is 0 Å². The molecule has 6 heteroatoms. The molecule has 1 aliphatic rings. The van der Waals surface area contributed by atoms with Crippen LogP contribution < -0.4 is 10.6 Å². The van der Waals surface area contributed by atoms with Crippen molar-refractivity contribution >= 4 is 33.4 Å². The van der Waals surface area contributed by atoms with Crippen LogP contribution in [-0.2, 0) is 9.59 Å². The van der Waals surface area contributed by atoms with Gasteiger partial charge in [0.2, 0.25) is 11.8 Å². The lowest BCUT2D eigenvalue weighted by Gasteiger charge is -2.28. The Morgan fingerprint density at radius 3 is 2.65 bits per heavy atom. The molecule has 2 aromatic rings. The smallest absolute Gasteiger partial charge is 0.220 e. The van der Waals surface area contributed by atoms with Gasteiger partial charge in [-0.1, -0.05) is 12.1 Å². The SMILES string of the molecule is CC(=O)NCCCCC(=O)NC1CCC(c2nc3ccccc3s2)CC1. The Balaban J connectivity index is 1.38. The maximum absolute atomic E-state index is 12.1. The summed E-state index contributed by atoms with van der Waals surface area (Å²) in [5, 5.41) is 7.17. The molecule has 5 nitrogen and oxygen atoms in total. The third-order valence-electron chi connectivity index (χ3n) is 4.96. The first-order valence-corrected chi connectivity index (χ1v) is 10.3. The van der Waals surface area contributed by atoms with Gasteiger partial charge in [-0.15, -0.1) is 11.3 Å². The normalized spacial score (nSPS) is 20.0. The minimum Gasteiger partial charge on any atom is -0.356 e. The summed E-state index contributed by atoms with van der Waals surface area (Å²) in [7, 11) is 0. The standard InChI is InChI=1S/C20H27N3O2S/c1-14(24)21-13-5-4-8-19(25)22-16-11-9-15(10-12-16)20-23-17-6-2-3-7-18(17)26-20/h2-3,6-7,15-16H,4-5,8-13H2,1H3,(H,21,24)(H,22,25). The van der Waals surface area contributed by atoms with Crippen LogP contribution in [0.1, 0.15) is 62.8 Å². The molecular weight excluding hydrogens is 346 g/mol. The third kappa shape index (κ3) is 5.27. The molecular formula is C20H27N3O2S. The van der Waals surface area contributed by atoms with E-state index in [1.54, 1.807) is 0 Å². The van der Waals surface area contributed by atoms with Gasteiger partial charge in [-0.25, -0.2) is 4.98 Å². The fourth-order valence-electron chi connectivity index (χ4n) is 3.52. The molecule has 1 heterocycles. The number of unbranched alkanes of at least 4 members (excludes halogenated alkanes) is 1. The lowest BCUT2D eigenvalue weighted by atomic mass is 9.86. The topological polar surface area (TPSA) is 71.1 Å². The molecule has 0 atom stereocenters. The molecule has 26 heavy (non-hydrogen) atoms. The van der Waals surface area contributed by atoms with Gasteiger partial charge in [0.1, 0.15) is 0 Å². The van der Waals surface area contributed by atoms with Crippen molar-refractivity contribution in [3.63, 3.8) is 0 Å². The third-order valence-corrected chi connectivity index (χ3v) is 6.16. The first-order valence-electron chi connectivity index (χ1n) is 9.51. The van der Waals surface area contributed by atoms with Crippen molar-refractivity contribution in [3.8, 4) is 0 Å². The van der Waals surface area contributed by atoms with E-state index in [0.29, 0.717) is 24.9 Å². The van der Waals surface area contributed by atoms with Crippen molar-refractivity contribution in [3.05, 3.63) is 29.3 Å². The fourth-order valence-corrected chi connectivity index (χ4v) is 4.66. The van der Waals surface area contributed by atoms with E-state index in [-0.39, 0.29) is 11.8 Å². The van der Waals surface area contributed by atoms with Gasteiger partial charge < -0.3 is 10.6 Å². The molecule has 1 fully saturated rings. The molecule has 0 saturated heterocycles. The number of fused-ring (bicyclic) bond motifs is 1. The second kappa shape index (κ2) is 9.12. The summed E-state index contributed by atoms with van der Waals surface area (Å²) < 4.78 is 1.26. The summed E-state index contributed by atoms with van der Waals surface area (Å²) in [6, 6.07) is 8.60. The molecule has 140 valence electrons. The molecule has 0 unspecified atom stereocenters. The van der Waals surface area contributed by atoms with Crippen molar-refractivity contribution in [1.29, 1.82) is 0 Å². The summed E-state index contributed by atoms with van der Waals surface area (Å²) in [5.74, 6) is 0.647. The maximum Gasteiger partial charge on any atom is 0.220 e. The number of amides is 2. The lowest BCUT2D eigenvalue weighted by Crippen LogP contribution is -2.37. The van der Waals surface area contributed by atoms with Crippen molar-refractivity contribution < 1.29 is 9.59 Å². The molecule has 3 rings (SSSR count). The molecule has 2 N–H and O–H groups in total. The minimum absolute atomic E-state index is 0.0145. The monoisotopic (exact) mass is 373 g/mol. The number of nitrogens with zero attached hydrogens (tertiary/aromatic N) is 1. The van der Waals surface area contributed by atoms with Crippen LogP contribution in [0.2, 0.25) is 0 Å². The second-order valence-electron chi connectivity index (χ2n) is 7.08. The van der Waals surface area contributed by atoms with E-state index in [1.165, 1.54) is 16.6 Å². The van der Waals surface area contributed by atoms with Gasteiger partial charge in [0.05, 0.1) is 15.2 Å². The molecule has 0 spiro atoms. The van der Waals surface area contributed by atoms with Gasteiger partial charge in [-0.2, -0.15) is 0 Å². The summed E-state index contributed by atoms with van der Waals surface area (Å²) in [6.45, 7) is 2.16. The second-order valence-corrected chi connectivity index (χ2v) is 8.14. The number of rotatable bonds is 7. The van der Waals surface area contributed by atoms with Crippen LogP contribution in [0.4, 0.5) is 0 Å². The summed E-state index contributed by atoms with van der Waals surface area (Å²) in [4.78, 5) is 27.7. The van der Waals surface area contributed by atoms with Gasteiger partial charge in [-0.3, -0.25) is 9.59 Å². The van der Waals surface area contributed by atoms with E-state index in [0.717, 1.165) is 44.0 Å². The molecule has 0 aliphatic heterocycles. The Morgan fingerprint density at radius 1 is 1.15 bits per heavy atom. The zero-order chi connectivity index (χ0) is 18.4. The van der Waals surface area contributed by atoms with E-state index >= 15 is 0 Å². The highest BCUT2D eigenvalue weighted by Crippen LogP contribution is 2.36. The number of hydrogen-bond acceptors (Lipinski definition) is 4. The highest BCUT2D eigenvalue weighted by molar-refractivity contribution is 7.18. The molecule has 2 amide bonds. The zero-order valence-corrected chi connectivity index (χ0v) is 16.1. The summed E-state index contributed by atoms with van der Waals surface area (Å²) in [5.41, 5.74) is 1.10. The Morgan fingerprint density at radius 2 is 1.92 bits per heavy atom.